The Labute approximate surface area is 212 Å². The summed E-state index contributed by atoms with van der Waals surface area (Å²) in [6.07, 6.45) is 4.36. The summed E-state index contributed by atoms with van der Waals surface area (Å²) in [5.41, 5.74) is 4.64. The summed E-state index contributed by atoms with van der Waals surface area (Å²) in [4.78, 5) is 20.9. The first-order valence-electron chi connectivity index (χ1n) is 12.8. The van der Waals surface area contributed by atoms with E-state index in [-0.39, 0.29) is 23.9 Å². The molecule has 7 heteroatoms. The number of carbonyl (C=O) groups is 1. The van der Waals surface area contributed by atoms with Gasteiger partial charge in [0.05, 0.1) is 17.9 Å². The van der Waals surface area contributed by atoms with Gasteiger partial charge in [0.1, 0.15) is 0 Å². The molecular formula is C28H35N5OS. The standard InChI is InChI=1S/C28H35N5OS/c1-4-35-23-13-12-22(29-16-23)15-30-28(34)32-17-24(20-8-6-5-7-9-20)25(18-32)27-14-26(21-10-11-21)31-33(27)19(2)3/h5-9,12-14,16,19,21,24-25H,4,10-11,15,17-18H2,1-3H3,(H,30,34). The second-order valence-electron chi connectivity index (χ2n) is 9.91. The summed E-state index contributed by atoms with van der Waals surface area (Å²) < 4.78 is 2.20. The summed E-state index contributed by atoms with van der Waals surface area (Å²) in [7, 11) is 0. The second kappa shape index (κ2) is 10.4. The fourth-order valence-electron chi connectivity index (χ4n) is 5.05. The number of amides is 2. The van der Waals surface area contributed by atoms with Crippen LogP contribution in [0, 0.1) is 0 Å². The second-order valence-corrected chi connectivity index (χ2v) is 11.2. The highest BCUT2D eigenvalue weighted by Crippen LogP contribution is 2.44. The van der Waals surface area contributed by atoms with Gasteiger partial charge in [-0.1, -0.05) is 37.3 Å². The van der Waals surface area contributed by atoms with Crippen LogP contribution in [0.1, 0.15) is 80.1 Å². The van der Waals surface area contributed by atoms with Crippen LogP contribution in [-0.2, 0) is 6.54 Å². The highest BCUT2D eigenvalue weighted by Gasteiger charge is 2.40. The van der Waals surface area contributed by atoms with Crippen LogP contribution in [0.2, 0.25) is 0 Å². The maximum atomic E-state index is 13.2. The molecule has 184 valence electrons. The Balaban J connectivity index is 1.34. The van der Waals surface area contributed by atoms with Gasteiger partial charge in [0.2, 0.25) is 0 Å². The van der Waals surface area contributed by atoms with Crippen LogP contribution >= 0.6 is 11.8 Å². The Hall–Kier alpha value is -2.80. The van der Waals surface area contributed by atoms with E-state index in [4.69, 9.17) is 5.10 Å². The van der Waals surface area contributed by atoms with Crippen molar-refractivity contribution < 1.29 is 4.79 Å². The molecule has 0 spiro atoms. The number of likely N-dealkylation sites (tertiary alicyclic amines) is 1. The number of thioether (sulfide) groups is 1. The summed E-state index contributed by atoms with van der Waals surface area (Å²) >= 11 is 1.77. The number of aromatic nitrogens is 3. The van der Waals surface area contributed by atoms with Crippen LogP contribution < -0.4 is 5.32 Å². The van der Waals surface area contributed by atoms with Gasteiger partial charge in [-0.05, 0) is 56.2 Å². The number of nitrogens with zero attached hydrogens (tertiary/aromatic N) is 4. The third-order valence-corrected chi connectivity index (χ3v) is 7.88. The molecule has 1 saturated heterocycles. The van der Waals surface area contributed by atoms with Crippen molar-refractivity contribution in [3.05, 3.63) is 77.4 Å². The normalized spacial score (nSPS) is 19.9. The molecule has 2 unspecified atom stereocenters. The Kier molecular flexibility index (Phi) is 7.14. The summed E-state index contributed by atoms with van der Waals surface area (Å²) in [5, 5.41) is 8.10. The average Bonchev–Trinajstić information content (AvgIpc) is 3.46. The zero-order valence-corrected chi connectivity index (χ0v) is 21.7. The van der Waals surface area contributed by atoms with E-state index >= 15 is 0 Å². The van der Waals surface area contributed by atoms with Gasteiger partial charge < -0.3 is 10.2 Å². The molecule has 3 aromatic rings. The minimum Gasteiger partial charge on any atom is -0.332 e. The van der Waals surface area contributed by atoms with E-state index in [0.29, 0.717) is 25.6 Å². The molecule has 1 aliphatic heterocycles. The number of benzene rings is 1. The van der Waals surface area contributed by atoms with Crippen molar-refractivity contribution in [3.63, 3.8) is 0 Å². The predicted molar refractivity (Wildman–Crippen MR) is 141 cm³/mol. The maximum Gasteiger partial charge on any atom is 0.317 e. The lowest BCUT2D eigenvalue weighted by molar-refractivity contribution is 0.207. The Bertz CT molecular complexity index is 1140. The molecule has 2 fully saturated rings. The number of hydrogen-bond acceptors (Lipinski definition) is 4. The number of hydrogen-bond donors (Lipinski definition) is 1. The van der Waals surface area contributed by atoms with Gasteiger partial charge in [-0.3, -0.25) is 9.67 Å². The number of rotatable bonds is 8. The SMILES string of the molecule is CCSc1ccc(CNC(=O)N2CC(c3ccccc3)C(c3cc(C4CC4)nn3C(C)C)C2)nc1. The number of urea groups is 1. The van der Waals surface area contributed by atoms with E-state index in [9.17, 15) is 4.79 Å². The largest absolute Gasteiger partial charge is 0.332 e. The monoisotopic (exact) mass is 489 g/mol. The molecule has 2 aromatic heterocycles. The van der Waals surface area contributed by atoms with Gasteiger partial charge in [0.15, 0.2) is 0 Å². The third-order valence-electron chi connectivity index (χ3n) is 7.01. The van der Waals surface area contributed by atoms with Crippen molar-refractivity contribution in [1.29, 1.82) is 0 Å². The molecule has 3 heterocycles. The van der Waals surface area contributed by atoms with Gasteiger partial charge in [-0.2, -0.15) is 5.10 Å². The minimum absolute atomic E-state index is 0.0275. The van der Waals surface area contributed by atoms with Gasteiger partial charge in [-0.25, -0.2) is 4.79 Å². The van der Waals surface area contributed by atoms with Crippen LogP contribution in [0.25, 0.3) is 0 Å². The highest BCUT2D eigenvalue weighted by molar-refractivity contribution is 7.99. The average molecular weight is 490 g/mol. The Morgan fingerprint density at radius 3 is 2.54 bits per heavy atom. The number of carbonyl (C=O) groups excluding carboxylic acids is 1. The van der Waals surface area contributed by atoms with Crippen molar-refractivity contribution in [2.45, 2.75) is 68.8 Å². The van der Waals surface area contributed by atoms with E-state index < -0.39 is 0 Å². The number of nitrogens with one attached hydrogen (secondary N) is 1. The van der Waals surface area contributed by atoms with E-state index in [1.54, 1.807) is 11.8 Å². The van der Waals surface area contributed by atoms with Crippen molar-refractivity contribution >= 4 is 17.8 Å². The first-order valence-corrected chi connectivity index (χ1v) is 13.8. The molecular weight excluding hydrogens is 454 g/mol. The van der Waals surface area contributed by atoms with Crippen LogP contribution in [0.5, 0.6) is 0 Å². The lowest BCUT2D eigenvalue weighted by Crippen LogP contribution is -2.38. The molecule has 1 N–H and O–H groups in total. The van der Waals surface area contributed by atoms with Crippen LogP contribution in [0.3, 0.4) is 0 Å². The fraction of sp³-hybridized carbons (Fsp3) is 0.464. The van der Waals surface area contributed by atoms with Crippen LogP contribution in [-0.4, -0.2) is 44.5 Å². The first kappa shape index (κ1) is 23.9. The zero-order chi connectivity index (χ0) is 24.4. The molecule has 0 radical (unpaired) electrons. The number of pyridine rings is 1. The van der Waals surface area contributed by atoms with Crippen molar-refractivity contribution in [2.75, 3.05) is 18.8 Å². The highest BCUT2D eigenvalue weighted by atomic mass is 32.2. The Morgan fingerprint density at radius 1 is 1.11 bits per heavy atom. The van der Waals surface area contributed by atoms with Crippen LogP contribution in [0.15, 0.2) is 59.6 Å². The topological polar surface area (TPSA) is 63.1 Å². The molecule has 6 nitrogen and oxygen atoms in total. The third kappa shape index (κ3) is 5.40. The first-order chi connectivity index (χ1) is 17.0. The predicted octanol–water partition coefficient (Wildman–Crippen LogP) is 5.94. The quantitative estimate of drug-likeness (QED) is 0.398. The Morgan fingerprint density at radius 2 is 1.89 bits per heavy atom. The fourth-order valence-corrected chi connectivity index (χ4v) is 5.68. The summed E-state index contributed by atoms with van der Waals surface area (Å²) in [6.45, 7) is 8.34. The lowest BCUT2D eigenvalue weighted by atomic mass is 9.86. The van der Waals surface area contributed by atoms with Crippen molar-refractivity contribution in [3.8, 4) is 0 Å². The molecule has 1 aliphatic carbocycles. The zero-order valence-electron chi connectivity index (χ0n) is 20.9. The van der Waals surface area contributed by atoms with E-state index in [1.165, 1.54) is 29.8 Å². The smallest absolute Gasteiger partial charge is 0.317 e. The molecule has 1 aromatic carbocycles. The van der Waals surface area contributed by atoms with Gasteiger partial charge >= 0.3 is 6.03 Å². The lowest BCUT2D eigenvalue weighted by Gasteiger charge is -2.21. The van der Waals surface area contributed by atoms with Crippen LogP contribution in [0.4, 0.5) is 4.79 Å². The van der Waals surface area contributed by atoms with E-state index in [1.807, 2.05) is 17.2 Å². The van der Waals surface area contributed by atoms with Gasteiger partial charge in [0, 0.05) is 53.7 Å². The molecule has 1 saturated carbocycles. The minimum atomic E-state index is -0.0275. The van der Waals surface area contributed by atoms with Crippen molar-refractivity contribution in [1.82, 2.24) is 25.0 Å². The summed E-state index contributed by atoms with van der Waals surface area (Å²) in [5.74, 6) is 2.09. The summed E-state index contributed by atoms with van der Waals surface area (Å²) in [6, 6.07) is 17.3. The van der Waals surface area contributed by atoms with Crippen molar-refractivity contribution in [2.24, 2.45) is 0 Å². The molecule has 2 atom stereocenters. The molecule has 2 amide bonds. The molecule has 5 rings (SSSR count). The van der Waals surface area contributed by atoms with Gasteiger partial charge in [0.25, 0.3) is 0 Å². The van der Waals surface area contributed by atoms with E-state index in [0.717, 1.165) is 16.3 Å². The molecule has 35 heavy (non-hydrogen) atoms. The molecule has 0 bridgehead atoms. The van der Waals surface area contributed by atoms with Gasteiger partial charge in [-0.15, -0.1) is 11.8 Å². The molecule has 2 aliphatic rings. The van der Waals surface area contributed by atoms with E-state index in [2.05, 4.69) is 78.2 Å². The maximum absolute atomic E-state index is 13.2.